The number of primary sulfonamides is 1. The number of nitrogens with zero attached hydrogens (tertiary/aromatic N) is 1. The first-order chi connectivity index (χ1) is 11.9. The number of sulfonamides is 2. The van der Waals surface area contributed by atoms with Crippen LogP contribution in [0.1, 0.15) is 16.7 Å². The zero-order valence-electron chi connectivity index (χ0n) is 14.0. The lowest BCUT2D eigenvalue weighted by Gasteiger charge is -2.10. The molecule has 0 aliphatic rings. The third-order valence-electron chi connectivity index (χ3n) is 3.69. The van der Waals surface area contributed by atoms with Gasteiger partial charge in [-0.05, 0) is 43.2 Å². The van der Waals surface area contributed by atoms with Gasteiger partial charge < -0.3 is 0 Å². The molecule has 0 bridgehead atoms. The van der Waals surface area contributed by atoms with E-state index >= 15 is 0 Å². The van der Waals surface area contributed by atoms with Crippen molar-refractivity contribution in [1.82, 2.24) is 4.72 Å². The third kappa shape index (κ3) is 4.43. The first-order valence-electron chi connectivity index (χ1n) is 7.29. The Bertz CT molecular complexity index is 1080. The largest absolute Gasteiger partial charge is 0.272 e. The minimum Gasteiger partial charge on any atom is -0.258 e. The van der Waals surface area contributed by atoms with Crippen LogP contribution in [0.4, 0.5) is 5.69 Å². The summed E-state index contributed by atoms with van der Waals surface area (Å²) in [4.78, 5) is 10.1. The lowest BCUT2D eigenvalue weighted by molar-refractivity contribution is -0.385. The molecule has 0 fully saturated rings. The van der Waals surface area contributed by atoms with Gasteiger partial charge in [0, 0.05) is 18.2 Å². The highest BCUT2D eigenvalue weighted by molar-refractivity contribution is 7.89. The molecule has 0 unspecified atom stereocenters. The van der Waals surface area contributed by atoms with Gasteiger partial charge in [0.1, 0.15) is 0 Å². The van der Waals surface area contributed by atoms with Crippen LogP contribution in [0.2, 0.25) is 0 Å². The molecule has 0 atom stereocenters. The lowest BCUT2D eigenvalue weighted by atomic mass is 10.1. The van der Waals surface area contributed by atoms with E-state index in [1.807, 2.05) is 0 Å². The molecule has 2 aromatic rings. The van der Waals surface area contributed by atoms with E-state index in [9.17, 15) is 26.9 Å². The monoisotopic (exact) mass is 399 g/mol. The average Bonchev–Trinajstić information content (AvgIpc) is 2.51. The van der Waals surface area contributed by atoms with Crippen molar-refractivity contribution in [1.29, 1.82) is 0 Å². The molecular weight excluding hydrogens is 382 g/mol. The third-order valence-corrected chi connectivity index (χ3v) is 6.16. The molecule has 0 aromatic heterocycles. The van der Waals surface area contributed by atoms with Gasteiger partial charge in [-0.3, -0.25) is 10.1 Å². The normalized spacial score (nSPS) is 12.1. The topological polar surface area (TPSA) is 149 Å². The van der Waals surface area contributed by atoms with Crippen LogP contribution in [0.15, 0.2) is 46.2 Å². The number of nitro benzene ring substituents is 1. The molecule has 3 N–H and O–H groups in total. The van der Waals surface area contributed by atoms with E-state index in [-0.39, 0.29) is 27.6 Å². The predicted octanol–water partition coefficient (Wildman–Crippen LogP) is 1.34. The Hall–Kier alpha value is -2.34. The second-order valence-corrected chi connectivity index (χ2v) is 8.97. The first-order valence-corrected chi connectivity index (χ1v) is 10.3. The highest BCUT2D eigenvalue weighted by atomic mass is 32.2. The van der Waals surface area contributed by atoms with E-state index in [4.69, 9.17) is 5.14 Å². The molecule has 0 amide bonds. The fraction of sp³-hybridized carbons (Fsp3) is 0.200. The summed E-state index contributed by atoms with van der Waals surface area (Å²) >= 11 is 0. The lowest BCUT2D eigenvalue weighted by Crippen LogP contribution is -2.23. The van der Waals surface area contributed by atoms with Crippen molar-refractivity contribution in [3.8, 4) is 0 Å². The Morgan fingerprint density at radius 1 is 1.04 bits per heavy atom. The Labute approximate surface area is 151 Å². The van der Waals surface area contributed by atoms with Crippen LogP contribution in [-0.2, 0) is 26.6 Å². The van der Waals surface area contributed by atoms with Crippen LogP contribution in [-0.4, -0.2) is 21.8 Å². The van der Waals surface area contributed by atoms with E-state index in [0.717, 1.165) is 12.1 Å². The number of hydrogen-bond acceptors (Lipinski definition) is 6. The Morgan fingerprint density at radius 2 is 1.69 bits per heavy atom. The molecule has 0 saturated heterocycles. The van der Waals surface area contributed by atoms with E-state index in [1.54, 1.807) is 6.92 Å². The highest BCUT2D eigenvalue weighted by Crippen LogP contribution is 2.22. The van der Waals surface area contributed by atoms with Crippen molar-refractivity contribution in [2.45, 2.75) is 30.2 Å². The molecule has 0 aliphatic carbocycles. The minimum atomic E-state index is -3.89. The standard InChI is InChI=1S/C15H17N3O6S2/c1-10-8-13(4-5-14(10)18(19)20)26(23,24)17-9-12-3-6-15(11(2)7-12)25(16,21)22/h3-8,17H,9H2,1-2H3,(H2,16,21,22). The summed E-state index contributed by atoms with van der Waals surface area (Å²) in [6.07, 6.45) is 0. The molecule has 0 radical (unpaired) electrons. The summed E-state index contributed by atoms with van der Waals surface area (Å²) < 4.78 is 49.9. The van der Waals surface area contributed by atoms with Crippen molar-refractivity contribution in [2.75, 3.05) is 0 Å². The molecule has 140 valence electrons. The van der Waals surface area contributed by atoms with Crippen molar-refractivity contribution in [2.24, 2.45) is 5.14 Å². The van der Waals surface area contributed by atoms with Crippen LogP contribution in [0.3, 0.4) is 0 Å². The second-order valence-electron chi connectivity index (χ2n) is 5.67. The minimum absolute atomic E-state index is 0.0323. The first kappa shape index (κ1) is 20.0. The molecule has 9 nitrogen and oxygen atoms in total. The molecule has 0 aliphatic heterocycles. The van der Waals surface area contributed by atoms with E-state index in [1.165, 1.54) is 31.2 Å². The molecule has 0 saturated carbocycles. The van der Waals surface area contributed by atoms with E-state index in [2.05, 4.69) is 4.72 Å². The summed E-state index contributed by atoms with van der Waals surface area (Å²) in [6, 6.07) is 7.79. The van der Waals surface area contributed by atoms with Crippen LogP contribution >= 0.6 is 0 Å². The predicted molar refractivity (Wildman–Crippen MR) is 94.4 cm³/mol. The fourth-order valence-corrected chi connectivity index (χ4v) is 4.27. The molecule has 0 heterocycles. The summed E-state index contributed by atoms with van der Waals surface area (Å²) in [5.74, 6) is 0. The molecular formula is C15H17N3O6S2. The number of nitro groups is 1. The smallest absolute Gasteiger partial charge is 0.258 e. The molecule has 11 heteroatoms. The maximum Gasteiger partial charge on any atom is 0.272 e. The molecule has 2 aromatic carbocycles. The summed E-state index contributed by atoms with van der Waals surface area (Å²) in [5, 5.41) is 15.9. The number of nitrogens with one attached hydrogen (secondary N) is 1. The maximum atomic E-state index is 12.4. The maximum absolute atomic E-state index is 12.4. The van der Waals surface area contributed by atoms with Gasteiger partial charge in [-0.2, -0.15) is 0 Å². The van der Waals surface area contributed by atoms with Crippen LogP contribution in [0.5, 0.6) is 0 Å². The van der Waals surface area contributed by atoms with Gasteiger partial charge in [0.2, 0.25) is 20.0 Å². The number of nitrogens with two attached hydrogens (primary N) is 1. The average molecular weight is 399 g/mol. The van der Waals surface area contributed by atoms with Gasteiger partial charge in [-0.25, -0.2) is 26.7 Å². The van der Waals surface area contributed by atoms with E-state index in [0.29, 0.717) is 11.1 Å². The van der Waals surface area contributed by atoms with Crippen molar-refractivity contribution in [3.63, 3.8) is 0 Å². The summed E-state index contributed by atoms with van der Waals surface area (Å²) in [6.45, 7) is 2.92. The van der Waals surface area contributed by atoms with Gasteiger partial charge in [0.05, 0.1) is 14.7 Å². The van der Waals surface area contributed by atoms with Crippen LogP contribution in [0, 0.1) is 24.0 Å². The van der Waals surface area contributed by atoms with Crippen LogP contribution in [0.25, 0.3) is 0 Å². The summed E-state index contributed by atoms with van der Waals surface area (Å²) in [5.41, 5.74) is 0.997. The molecule has 26 heavy (non-hydrogen) atoms. The second kappa shape index (κ2) is 7.11. The zero-order valence-corrected chi connectivity index (χ0v) is 15.6. The Balaban J connectivity index is 2.22. The summed E-state index contributed by atoms with van der Waals surface area (Å²) in [7, 11) is -7.74. The van der Waals surface area contributed by atoms with Gasteiger partial charge in [-0.15, -0.1) is 0 Å². The highest BCUT2D eigenvalue weighted by Gasteiger charge is 2.19. The number of hydrogen-bond donors (Lipinski definition) is 2. The molecule has 2 rings (SSSR count). The number of benzene rings is 2. The van der Waals surface area contributed by atoms with Gasteiger partial charge in [-0.1, -0.05) is 12.1 Å². The number of rotatable bonds is 6. The van der Waals surface area contributed by atoms with Gasteiger partial charge in [0.25, 0.3) is 5.69 Å². The Kier molecular flexibility index (Phi) is 5.47. The van der Waals surface area contributed by atoms with Crippen LogP contribution < -0.4 is 9.86 Å². The van der Waals surface area contributed by atoms with Crippen molar-refractivity contribution in [3.05, 3.63) is 63.2 Å². The SMILES string of the molecule is Cc1cc(S(=O)(=O)NCc2ccc(S(N)(=O)=O)c(C)c2)ccc1[N+](=O)[O-]. The fourth-order valence-electron chi connectivity index (χ4n) is 2.40. The van der Waals surface area contributed by atoms with Gasteiger partial charge in [0.15, 0.2) is 0 Å². The van der Waals surface area contributed by atoms with E-state index < -0.39 is 25.0 Å². The van der Waals surface area contributed by atoms with Crippen molar-refractivity contribution < 1.29 is 21.8 Å². The zero-order chi connectivity index (χ0) is 19.7. The van der Waals surface area contributed by atoms with Crippen molar-refractivity contribution >= 4 is 25.7 Å². The van der Waals surface area contributed by atoms with Gasteiger partial charge >= 0.3 is 0 Å². The Morgan fingerprint density at radius 3 is 2.19 bits per heavy atom. The number of aryl methyl sites for hydroxylation is 2. The quantitative estimate of drug-likeness (QED) is 0.553. The molecule has 0 spiro atoms.